The summed E-state index contributed by atoms with van der Waals surface area (Å²) in [6.45, 7) is 0. The number of hydrogen-bond donors (Lipinski definition) is 4. The van der Waals surface area contributed by atoms with Gasteiger partial charge in [-0.1, -0.05) is 23.2 Å². The highest BCUT2D eigenvalue weighted by molar-refractivity contribution is 7.86. The van der Waals surface area contributed by atoms with E-state index in [2.05, 4.69) is 9.97 Å². The average Bonchev–Trinajstić information content (AvgIpc) is 2.73. The summed E-state index contributed by atoms with van der Waals surface area (Å²) in [4.78, 5) is 17.5. The maximum atomic E-state index is 11.2. The molecule has 11 nitrogen and oxygen atoms in total. The largest absolute Gasteiger partial charge is 0.507 e. The Morgan fingerprint density at radius 1 is 0.765 bits per heavy atom. The van der Waals surface area contributed by atoms with E-state index in [1.165, 1.54) is 18.2 Å². The lowest BCUT2D eigenvalue weighted by Gasteiger charge is -2.07. The van der Waals surface area contributed by atoms with Gasteiger partial charge >= 0.3 is 5.97 Å². The first-order chi connectivity index (χ1) is 15.7. The Morgan fingerprint density at radius 3 is 1.94 bits per heavy atom. The molecule has 0 spiro atoms. The van der Waals surface area contributed by atoms with Crippen molar-refractivity contribution in [2.75, 3.05) is 0 Å². The molecular weight excluding hydrogens is 535 g/mol. The monoisotopic (exact) mass is 546 g/mol. The predicted molar refractivity (Wildman–Crippen MR) is 122 cm³/mol. The fourth-order valence-corrected chi connectivity index (χ4v) is 4.27. The third kappa shape index (κ3) is 5.52. The second kappa shape index (κ2) is 9.29. The van der Waals surface area contributed by atoms with Crippen molar-refractivity contribution in [1.29, 1.82) is 0 Å². The first-order valence-corrected chi connectivity index (χ1v) is 12.4. The number of aromatic nitrogens is 2. The fourth-order valence-electron chi connectivity index (χ4n) is 2.81. The van der Waals surface area contributed by atoms with E-state index < -0.39 is 36.0 Å². The highest BCUT2D eigenvalue weighted by Crippen LogP contribution is 2.32. The van der Waals surface area contributed by atoms with Gasteiger partial charge in [0.05, 0.1) is 21.5 Å². The molecule has 0 unspecified atom stereocenters. The van der Waals surface area contributed by atoms with Crippen molar-refractivity contribution in [1.82, 2.24) is 9.97 Å². The Morgan fingerprint density at radius 2 is 1.38 bits per heavy atom. The number of aromatic hydroxyl groups is 1. The van der Waals surface area contributed by atoms with Crippen LogP contribution in [-0.4, -0.2) is 52.1 Å². The van der Waals surface area contributed by atoms with Gasteiger partial charge in [0.25, 0.3) is 20.2 Å². The Labute approximate surface area is 201 Å². The van der Waals surface area contributed by atoms with Crippen molar-refractivity contribution >= 4 is 71.2 Å². The number of carbonyl (C=O) groups is 1. The Bertz CT molecular complexity index is 1670. The maximum Gasteiger partial charge on any atom is 0.335 e. The summed E-state index contributed by atoms with van der Waals surface area (Å²) >= 11 is 11.3. The van der Waals surface area contributed by atoms with Crippen molar-refractivity contribution in [3.05, 3.63) is 64.4 Å². The van der Waals surface area contributed by atoms with E-state index in [1.807, 2.05) is 0 Å². The lowest BCUT2D eigenvalue weighted by atomic mass is 10.1. The van der Waals surface area contributed by atoms with E-state index in [0.29, 0.717) is 11.0 Å². The number of hydrogen-bond acceptors (Lipinski definition) is 8. The fraction of sp³-hybridized carbons (Fsp3) is 0. The van der Waals surface area contributed by atoms with Crippen molar-refractivity contribution in [3.63, 3.8) is 0 Å². The number of fused-ring (bicyclic) bond motifs is 2. The molecule has 0 bridgehead atoms. The lowest BCUT2D eigenvalue weighted by molar-refractivity contribution is 0.0697. The van der Waals surface area contributed by atoms with Crippen molar-refractivity contribution < 1.29 is 40.9 Å². The van der Waals surface area contributed by atoms with E-state index in [-0.39, 0.29) is 32.4 Å². The molecule has 0 radical (unpaired) electrons. The molecule has 0 saturated carbocycles. The summed E-state index contributed by atoms with van der Waals surface area (Å²) in [5.41, 5.74) is 1.05. The second-order valence-corrected chi connectivity index (χ2v) is 10.1. The van der Waals surface area contributed by atoms with Crippen LogP contribution in [0.4, 0.5) is 0 Å². The van der Waals surface area contributed by atoms with Gasteiger partial charge in [-0.15, -0.1) is 0 Å². The molecule has 0 saturated heterocycles. The molecule has 0 aliphatic heterocycles. The Hall–Kier alpha value is -3.07. The third-order valence-corrected chi connectivity index (χ3v) is 6.72. The van der Waals surface area contributed by atoms with Crippen LogP contribution < -0.4 is 0 Å². The van der Waals surface area contributed by atoms with Gasteiger partial charge in [0.1, 0.15) is 10.6 Å². The van der Waals surface area contributed by atoms with Crippen LogP contribution in [0, 0.1) is 0 Å². The number of halogens is 2. The number of nitrogens with zero attached hydrogens (tertiary/aromatic N) is 2. The molecule has 178 valence electrons. The number of benzene rings is 3. The normalized spacial score (nSPS) is 11.8. The van der Waals surface area contributed by atoms with Crippen LogP contribution in [0.1, 0.15) is 10.4 Å². The molecule has 0 amide bonds. The van der Waals surface area contributed by atoms with Gasteiger partial charge in [-0.3, -0.25) is 9.11 Å². The molecule has 0 atom stereocenters. The van der Waals surface area contributed by atoms with Gasteiger partial charge in [0, 0.05) is 10.8 Å². The summed E-state index contributed by atoms with van der Waals surface area (Å²) < 4.78 is 62.3. The molecule has 4 N–H and O–H groups in total. The summed E-state index contributed by atoms with van der Waals surface area (Å²) in [6.07, 6.45) is 0. The molecule has 3 aromatic carbocycles. The van der Waals surface area contributed by atoms with Gasteiger partial charge in [0.2, 0.25) is 0 Å². The molecule has 0 aliphatic carbocycles. The molecule has 0 aliphatic rings. The van der Waals surface area contributed by atoms with Crippen LogP contribution in [0.25, 0.3) is 21.8 Å². The maximum absolute atomic E-state index is 11.2. The minimum absolute atomic E-state index is 0.0301. The number of carboxylic acids is 1. The summed E-state index contributed by atoms with van der Waals surface area (Å²) in [6, 6.07) is 9.34. The van der Waals surface area contributed by atoms with E-state index in [1.54, 1.807) is 0 Å². The molecule has 4 aromatic rings. The van der Waals surface area contributed by atoms with Crippen LogP contribution in [0.15, 0.2) is 58.3 Å². The van der Waals surface area contributed by atoms with Crippen LogP contribution in [0.5, 0.6) is 5.75 Å². The SMILES string of the molecule is O=C(O)c1ccc2nc(Cl)c(Cl)nc2c1.O=S(=O)(O)c1ccc2c(O)ccc(S(=O)(=O)O)c2c1. The third-order valence-electron chi connectivity index (χ3n) is 4.33. The zero-order chi connectivity index (χ0) is 25.4. The smallest absolute Gasteiger partial charge is 0.335 e. The molecular formula is C19H12Cl2N2O9S2. The van der Waals surface area contributed by atoms with E-state index in [4.69, 9.17) is 37.4 Å². The van der Waals surface area contributed by atoms with Crippen molar-refractivity contribution in [2.24, 2.45) is 0 Å². The van der Waals surface area contributed by atoms with Gasteiger partial charge in [-0.2, -0.15) is 16.8 Å². The average molecular weight is 547 g/mol. The van der Waals surface area contributed by atoms with Crippen LogP contribution in [0.2, 0.25) is 10.3 Å². The zero-order valence-corrected chi connectivity index (χ0v) is 19.6. The molecule has 1 aromatic heterocycles. The van der Waals surface area contributed by atoms with Crippen LogP contribution >= 0.6 is 23.2 Å². The minimum Gasteiger partial charge on any atom is -0.507 e. The number of phenols is 1. The van der Waals surface area contributed by atoms with Gasteiger partial charge in [0.15, 0.2) is 10.3 Å². The topological polar surface area (TPSA) is 192 Å². The Kier molecular flexibility index (Phi) is 6.98. The van der Waals surface area contributed by atoms with Crippen molar-refractivity contribution in [2.45, 2.75) is 9.79 Å². The second-order valence-electron chi connectivity index (χ2n) is 6.55. The van der Waals surface area contributed by atoms with Crippen LogP contribution in [-0.2, 0) is 20.2 Å². The first-order valence-electron chi connectivity index (χ1n) is 8.75. The standard InChI is InChI=1S/C10H8O7S2.C9H4Cl2N2O2/c11-9-3-4-10(19(15,16)17)8-5-6(18(12,13)14)1-2-7(8)9;10-7-8(11)13-6-3-4(9(14)15)1-2-5(6)12-7/h1-5,11H,(H,12,13,14)(H,15,16,17);1-3H,(H,14,15). The number of carboxylic acid groups (broad SMARTS) is 1. The van der Waals surface area contributed by atoms with E-state index in [0.717, 1.165) is 30.3 Å². The predicted octanol–water partition coefficient (Wildman–Crippen LogP) is 3.67. The summed E-state index contributed by atoms with van der Waals surface area (Å²) in [5.74, 6) is -1.31. The number of phenolic OH excluding ortho intramolecular Hbond substituents is 1. The van der Waals surface area contributed by atoms with Gasteiger partial charge < -0.3 is 10.2 Å². The highest BCUT2D eigenvalue weighted by atomic mass is 35.5. The van der Waals surface area contributed by atoms with Crippen LogP contribution in [0.3, 0.4) is 0 Å². The molecule has 1 heterocycles. The lowest BCUT2D eigenvalue weighted by Crippen LogP contribution is -2.01. The zero-order valence-electron chi connectivity index (χ0n) is 16.4. The quantitative estimate of drug-likeness (QED) is 0.274. The first kappa shape index (κ1) is 25.6. The number of aromatic carboxylic acids is 1. The molecule has 0 fully saturated rings. The van der Waals surface area contributed by atoms with Crippen molar-refractivity contribution in [3.8, 4) is 5.75 Å². The molecule has 34 heavy (non-hydrogen) atoms. The Balaban J connectivity index is 0.000000196. The summed E-state index contributed by atoms with van der Waals surface area (Å²) in [7, 11) is -9.12. The number of rotatable bonds is 3. The van der Waals surface area contributed by atoms with Gasteiger partial charge in [-0.25, -0.2) is 14.8 Å². The molecule has 15 heteroatoms. The van der Waals surface area contributed by atoms with E-state index >= 15 is 0 Å². The minimum atomic E-state index is -4.60. The highest BCUT2D eigenvalue weighted by Gasteiger charge is 2.19. The van der Waals surface area contributed by atoms with E-state index in [9.17, 15) is 26.7 Å². The van der Waals surface area contributed by atoms with Gasteiger partial charge in [-0.05, 0) is 48.5 Å². The molecule has 4 rings (SSSR count). The summed E-state index contributed by atoms with van der Waals surface area (Å²) in [5, 5.41) is 18.3.